The molecule has 0 aliphatic carbocycles. The number of carbonyl (C=O) groups is 1. The van der Waals surface area contributed by atoms with Crippen LogP contribution >= 0.6 is 37.5 Å². The molecule has 1 heterocycles. The van der Waals surface area contributed by atoms with Crippen molar-refractivity contribution in [2.45, 2.75) is 0 Å². The Bertz CT molecular complexity index is 453. The minimum absolute atomic E-state index is 0.168. The first-order chi connectivity index (χ1) is 9.15. The summed E-state index contributed by atoms with van der Waals surface area (Å²) in [4.78, 5) is 14.0. The van der Waals surface area contributed by atoms with Crippen LogP contribution in [0.4, 0.5) is 10.1 Å². The SMILES string of the molecule is O=C(CN1CCSSCC1)Nc1ccc(Br)cc1F. The van der Waals surface area contributed by atoms with Gasteiger partial charge in [-0.2, -0.15) is 0 Å². The highest BCUT2D eigenvalue weighted by Gasteiger charge is 2.14. The molecule has 3 nitrogen and oxygen atoms in total. The topological polar surface area (TPSA) is 32.3 Å². The fourth-order valence-electron chi connectivity index (χ4n) is 1.70. The van der Waals surface area contributed by atoms with Gasteiger partial charge < -0.3 is 5.32 Å². The molecule has 1 aromatic carbocycles. The lowest BCUT2D eigenvalue weighted by atomic mass is 10.3. The second kappa shape index (κ2) is 7.52. The van der Waals surface area contributed by atoms with Gasteiger partial charge in [-0.15, -0.1) is 0 Å². The maximum Gasteiger partial charge on any atom is 0.238 e. The van der Waals surface area contributed by atoms with Gasteiger partial charge in [0.05, 0.1) is 12.2 Å². The van der Waals surface area contributed by atoms with Crippen LogP contribution in [-0.4, -0.2) is 41.9 Å². The number of nitrogens with zero attached hydrogens (tertiary/aromatic N) is 1. The molecular weight excluding hydrogens is 351 g/mol. The van der Waals surface area contributed by atoms with Gasteiger partial charge in [0.15, 0.2) is 0 Å². The third-order valence-corrected chi connectivity index (χ3v) is 5.50. The summed E-state index contributed by atoms with van der Waals surface area (Å²) in [5, 5.41) is 2.62. The first-order valence-electron chi connectivity index (χ1n) is 5.87. The lowest BCUT2D eigenvalue weighted by molar-refractivity contribution is -0.117. The number of rotatable bonds is 3. The van der Waals surface area contributed by atoms with Crippen molar-refractivity contribution < 1.29 is 9.18 Å². The first kappa shape index (κ1) is 15.2. The molecule has 0 saturated carbocycles. The van der Waals surface area contributed by atoms with Gasteiger partial charge in [-0.05, 0) is 18.2 Å². The third kappa shape index (κ3) is 4.98. The second-order valence-electron chi connectivity index (χ2n) is 4.09. The standard InChI is InChI=1S/C12H14BrFN2OS2/c13-9-1-2-11(10(14)7-9)15-12(17)8-16-3-5-18-19-6-4-16/h1-2,7H,3-6,8H2,(H,15,17). The van der Waals surface area contributed by atoms with Crippen LogP contribution in [-0.2, 0) is 4.79 Å². The van der Waals surface area contributed by atoms with E-state index in [4.69, 9.17) is 0 Å². The summed E-state index contributed by atoms with van der Waals surface area (Å²) < 4.78 is 14.2. The number of hydrogen-bond acceptors (Lipinski definition) is 4. The number of benzene rings is 1. The minimum atomic E-state index is -0.426. The van der Waals surface area contributed by atoms with E-state index in [1.54, 1.807) is 12.1 Å². The van der Waals surface area contributed by atoms with Gasteiger partial charge in [0.25, 0.3) is 0 Å². The van der Waals surface area contributed by atoms with E-state index in [0.29, 0.717) is 11.0 Å². The van der Waals surface area contributed by atoms with Crippen LogP contribution < -0.4 is 5.32 Å². The molecule has 1 saturated heterocycles. The Morgan fingerprint density at radius 1 is 1.37 bits per heavy atom. The molecule has 0 radical (unpaired) electrons. The van der Waals surface area contributed by atoms with Crippen molar-refractivity contribution in [3.05, 3.63) is 28.5 Å². The summed E-state index contributed by atoms with van der Waals surface area (Å²) in [6.45, 7) is 2.11. The van der Waals surface area contributed by atoms with Gasteiger partial charge in [0.1, 0.15) is 5.82 Å². The number of anilines is 1. The first-order valence-corrected chi connectivity index (χ1v) is 9.15. The van der Waals surface area contributed by atoms with Crippen LogP contribution in [0.15, 0.2) is 22.7 Å². The molecule has 0 atom stereocenters. The molecule has 0 bridgehead atoms. The van der Waals surface area contributed by atoms with Crippen molar-refractivity contribution in [2.24, 2.45) is 0 Å². The summed E-state index contributed by atoms with van der Waals surface area (Å²) in [6.07, 6.45) is 0. The molecule has 1 N–H and O–H groups in total. The Morgan fingerprint density at radius 2 is 2.05 bits per heavy atom. The summed E-state index contributed by atoms with van der Waals surface area (Å²) in [7, 11) is 3.67. The molecule has 7 heteroatoms. The lowest BCUT2D eigenvalue weighted by Crippen LogP contribution is -2.35. The van der Waals surface area contributed by atoms with Crippen molar-refractivity contribution in [1.82, 2.24) is 4.90 Å². The predicted molar refractivity (Wildman–Crippen MR) is 84.1 cm³/mol. The molecule has 1 amide bonds. The Hall–Kier alpha value is -0.240. The normalized spacial score (nSPS) is 16.9. The van der Waals surface area contributed by atoms with E-state index in [9.17, 15) is 9.18 Å². The van der Waals surface area contributed by atoms with Gasteiger partial charge in [-0.25, -0.2) is 4.39 Å². The molecule has 19 heavy (non-hydrogen) atoms. The van der Waals surface area contributed by atoms with Gasteiger partial charge >= 0.3 is 0 Å². The van der Waals surface area contributed by atoms with Crippen LogP contribution in [0.25, 0.3) is 0 Å². The predicted octanol–water partition coefficient (Wildman–Crippen LogP) is 3.22. The molecule has 1 aliphatic rings. The van der Waals surface area contributed by atoms with Gasteiger partial charge in [0.2, 0.25) is 5.91 Å². The maximum atomic E-state index is 13.6. The van der Waals surface area contributed by atoms with Gasteiger partial charge in [-0.1, -0.05) is 37.5 Å². The fraction of sp³-hybridized carbons (Fsp3) is 0.417. The summed E-state index contributed by atoms with van der Waals surface area (Å²) in [6, 6.07) is 4.61. The van der Waals surface area contributed by atoms with E-state index in [0.717, 1.165) is 24.6 Å². The van der Waals surface area contributed by atoms with E-state index in [-0.39, 0.29) is 11.6 Å². The quantitative estimate of drug-likeness (QED) is 0.834. The monoisotopic (exact) mass is 364 g/mol. The molecule has 1 aromatic rings. The van der Waals surface area contributed by atoms with Crippen molar-refractivity contribution in [1.29, 1.82) is 0 Å². The molecule has 1 aliphatic heterocycles. The third-order valence-electron chi connectivity index (χ3n) is 2.64. The van der Waals surface area contributed by atoms with E-state index in [1.807, 2.05) is 21.6 Å². The van der Waals surface area contributed by atoms with Crippen LogP contribution in [0.3, 0.4) is 0 Å². The second-order valence-corrected chi connectivity index (χ2v) is 7.71. The number of carbonyl (C=O) groups excluding carboxylic acids is 1. The smallest absolute Gasteiger partial charge is 0.238 e. The molecule has 0 aromatic heterocycles. The molecule has 2 rings (SSSR count). The average molecular weight is 365 g/mol. The highest BCUT2D eigenvalue weighted by molar-refractivity contribution is 9.10. The van der Waals surface area contributed by atoms with Gasteiger partial charge in [-0.3, -0.25) is 9.69 Å². The Morgan fingerprint density at radius 3 is 2.68 bits per heavy atom. The van der Waals surface area contributed by atoms with Gasteiger partial charge in [0, 0.05) is 29.1 Å². The molecule has 1 fully saturated rings. The highest BCUT2D eigenvalue weighted by Crippen LogP contribution is 2.24. The van der Waals surface area contributed by atoms with E-state index in [1.165, 1.54) is 6.07 Å². The zero-order valence-corrected chi connectivity index (χ0v) is 13.4. The molecule has 0 unspecified atom stereocenters. The van der Waals surface area contributed by atoms with E-state index in [2.05, 4.69) is 26.1 Å². The minimum Gasteiger partial charge on any atom is -0.322 e. The average Bonchev–Trinajstić information content (AvgIpc) is 2.61. The van der Waals surface area contributed by atoms with Crippen LogP contribution in [0, 0.1) is 5.82 Å². The molecule has 104 valence electrons. The van der Waals surface area contributed by atoms with E-state index >= 15 is 0 Å². The highest BCUT2D eigenvalue weighted by atomic mass is 79.9. The van der Waals surface area contributed by atoms with Crippen molar-refractivity contribution in [3.63, 3.8) is 0 Å². The fourth-order valence-corrected chi connectivity index (χ4v) is 4.09. The van der Waals surface area contributed by atoms with Crippen molar-refractivity contribution in [2.75, 3.05) is 36.5 Å². The lowest BCUT2D eigenvalue weighted by Gasteiger charge is -2.18. The van der Waals surface area contributed by atoms with E-state index < -0.39 is 5.82 Å². The summed E-state index contributed by atoms with van der Waals surface area (Å²) in [5.74, 6) is 1.44. The van der Waals surface area contributed by atoms with Crippen molar-refractivity contribution >= 4 is 49.1 Å². The Kier molecular flexibility index (Phi) is 6.00. The zero-order chi connectivity index (χ0) is 13.7. The Labute approximate surface area is 128 Å². The number of amides is 1. The summed E-state index contributed by atoms with van der Waals surface area (Å²) >= 11 is 3.19. The van der Waals surface area contributed by atoms with Crippen LogP contribution in [0.1, 0.15) is 0 Å². The number of halogens is 2. The van der Waals surface area contributed by atoms with Crippen LogP contribution in [0.5, 0.6) is 0 Å². The maximum absolute atomic E-state index is 13.6. The Balaban J connectivity index is 1.89. The van der Waals surface area contributed by atoms with Crippen LogP contribution in [0.2, 0.25) is 0 Å². The number of nitrogens with one attached hydrogen (secondary N) is 1. The number of hydrogen-bond donors (Lipinski definition) is 1. The molecular formula is C12H14BrFN2OS2. The zero-order valence-electron chi connectivity index (χ0n) is 10.2. The molecule has 0 spiro atoms. The largest absolute Gasteiger partial charge is 0.322 e. The summed E-state index contributed by atoms with van der Waals surface area (Å²) in [5.41, 5.74) is 0.228. The van der Waals surface area contributed by atoms with Crippen molar-refractivity contribution in [3.8, 4) is 0 Å².